The first kappa shape index (κ1) is 17.0. The average molecular weight is 416 g/mol. The molecular formula is C18H14ClN5OS2. The third-order valence-corrected chi connectivity index (χ3v) is 6.23. The number of hydrogen-bond donors (Lipinski definition) is 0. The van der Waals surface area contributed by atoms with Crippen LogP contribution in [-0.2, 0) is 5.75 Å². The molecule has 1 fully saturated rings. The lowest BCUT2D eigenvalue weighted by molar-refractivity contribution is 0.425. The fraction of sp³-hybridized carbons (Fsp3) is 0.222. The molecule has 0 atom stereocenters. The standard InChI is InChI=1S/C18H14ClN5OS2/c19-12-4-1-3-11(9-12)17-20-15(23-25-17)10-27-18-22-21-16(14-5-2-8-26-14)24(18)13-6-7-13/h1-5,8-9,13H,6-7,10H2. The zero-order valence-corrected chi connectivity index (χ0v) is 16.5. The number of halogens is 1. The molecule has 1 aromatic carbocycles. The van der Waals surface area contributed by atoms with Gasteiger partial charge in [-0.25, -0.2) is 0 Å². The molecule has 0 saturated heterocycles. The summed E-state index contributed by atoms with van der Waals surface area (Å²) in [5.74, 6) is 2.61. The zero-order valence-electron chi connectivity index (χ0n) is 14.1. The van der Waals surface area contributed by atoms with Gasteiger partial charge in [0.25, 0.3) is 5.89 Å². The van der Waals surface area contributed by atoms with E-state index in [2.05, 4.69) is 36.4 Å². The number of hydrogen-bond acceptors (Lipinski definition) is 7. The van der Waals surface area contributed by atoms with Crippen LogP contribution in [0.3, 0.4) is 0 Å². The van der Waals surface area contributed by atoms with Crippen molar-refractivity contribution < 1.29 is 4.52 Å². The van der Waals surface area contributed by atoms with Gasteiger partial charge in [0.1, 0.15) is 0 Å². The monoisotopic (exact) mass is 415 g/mol. The van der Waals surface area contributed by atoms with Crippen LogP contribution in [0, 0.1) is 0 Å². The molecule has 0 unspecified atom stereocenters. The topological polar surface area (TPSA) is 69.6 Å². The molecule has 1 aliphatic carbocycles. The Bertz CT molecular complexity index is 1070. The first-order valence-corrected chi connectivity index (χ1v) is 10.7. The van der Waals surface area contributed by atoms with Crippen molar-refractivity contribution in [3.05, 3.63) is 52.6 Å². The molecule has 3 heterocycles. The number of rotatable bonds is 6. The third-order valence-electron chi connectivity index (χ3n) is 4.19. The third kappa shape index (κ3) is 3.52. The summed E-state index contributed by atoms with van der Waals surface area (Å²) in [6.07, 6.45) is 2.34. The molecule has 4 aromatic rings. The van der Waals surface area contributed by atoms with E-state index in [4.69, 9.17) is 16.1 Å². The molecule has 27 heavy (non-hydrogen) atoms. The lowest BCUT2D eigenvalue weighted by atomic mass is 10.2. The van der Waals surface area contributed by atoms with Gasteiger partial charge in [0.05, 0.1) is 10.6 Å². The number of benzene rings is 1. The van der Waals surface area contributed by atoms with Gasteiger partial charge in [-0.15, -0.1) is 21.5 Å². The SMILES string of the molecule is Clc1cccc(-c2nc(CSc3nnc(-c4cccs4)n3C3CC3)no2)c1. The fourth-order valence-corrected chi connectivity index (χ4v) is 4.54. The summed E-state index contributed by atoms with van der Waals surface area (Å²) in [5, 5.41) is 16.5. The Morgan fingerprint density at radius 3 is 2.93 bits per heavy atom. The van der Waals surface area contributed by atoms with E-state index in [1.165, 1.54) is 12.8 Å². The first-order chi connectivity index (χ1) is 13.3. The van der Waals surface area contributed by atoms with E-state index < -0.39 is 0 Å². The highest BCUT2D eigenvalue weighted by Gasteiger charge is 2.30. The Hall–Kier alpha value is -2.16. The molecule has 0 spiro atoms. The van der Waals surface area contributed by atoms with Crippen molar-refractivity contribution >= 4 is 34.7 Å². The van der Waals surface area contributed by atoms with Crippen LogP contribution >= 0.6 is 34.7 Å². The van der Waals surface area contributed by atoms with Crippen molar-refractivity contribution in [3.63, 3.8) is 0 Å². The minimum Gasteiger partial charge on any atom is -0.334 e. The van der Waals surface area contributed by atoms with Gasteiger partial charge in [0.2, 0.25) is 0 Å². The summed E-state index contributed by atoms with van der Waals surface area (Å²) in [7, 11) is 0. The van der Waals surface area contributed by atoms with Crippen LogP contribution in [0.15, 0.2) is 51.5 Å². The van der Waals surface area contributed by atoms with E-state index in [0.717, 1.165) is 21.4 Å². The summed E-state index contributed by atoms with van der Waals surface area (Å²) in [4.78, 5) is 5.61. The second-order valence-corrected chi connectivity index (χ2v) is 8.53. The van der Waals surface area contributed by atoms with Crippen LogP contribution in [0.1, 0.15) is 24.7 Å². The summed E-state index contributed by atoms with van der Waals surface area (Å²) in [6.45, 7) is 0. The smallest absolute Gasteiger partial charge is 0.258 e. The Morgan fingerprint density at radius 2 is 2.15 bits per heavy atom. The molecular weight excluding hydrogens is 402 g/mol. The van der Waals surface area contributed by atoms with E-state index in [9.17, 15) is 0 Å². The Kier molecular flexibility index (Phi) is 4.47. The predicted octanol–water partition coefficient (Wildman–Crippen LogP) is 5.34. The Labute approximate surface area is 168 Å². The second-order valence-electron chi connectivity index (χ2n) is 6.20. The van der Waals surface area contributed by atoms with Crippen LogP contribution in [0.5, 0.6) is 0 Å². The Morgan fingerprint density at radius 1 is 1.22 bits per heavy atom. The van der Waals surface area contributed by atoms with Gasteiger partial charge in [0, 0.05) is 16.6 Å². The normalized spacial score (nSPS) is 14.0. The van der Waals surface area contributed by atoms with E-state index in [1.54, 1.807) is 23.1 Å². The minimum atomic E-state index is 0.469. The predicted molar refractivity (Wildman–Crippen MR) is 106 cm³/mol. The number of thioether (sulfide) groups is 1. The van der Waals surface area contributed by atoms with Crippen LogP contribution in [-0.4, -0.2) is 24.9 Å². The summed E-state index contributed by atoms with van der Waals surface area (Å²) in [5.41, 5.74) is 0.812. The highest BCUT2D eigenvalue weighted by Crippen LogP contribution is 2.42. The molecule has 136 valence electrons. The van der Waals surface area contributed by atoms with Crippen LogP contribution in [0.25, 0.3) is 22.2 Å². The van der Waals surface area contributed by atoms with Gasteiger partial charge < -0.3 is 4.52 Å². The molecule has 6 nitrogen and oxygen atoms in total. The lowest BCUT2D eigenvalue weighted by Crippen LogP contribution is -1.99. The van der Waals surface area contributed by atoms with Crippen molar-refractivity contribution in [3.8, 4) is 22.2 Å². The number of nitrogens with zero attached hydrogens (tertiary/aromatic N) is 5. The maximum Gasteiger partial charge on any atom is 0.258 e. The quantitative estimate of drug-likeness (QED) is 0.396. The van der Waals surface area contributed by atoms with E-state index in [0.29, 0.717) is 28.5 Å². The van der Waals surface area contributed by atoms with Gasteiger partial charge in [-0.2, -0.15) is 4.98 Å². The van der Waals surface area contributed by atoms with Crippen molar-refractivity contribution in [1.82, 2.24) is 24.9 Å². The lowest BCUT2D eigenvalue weighted by Gasteiger charge is -2.06. The highest BCUT2D eigenvalue weighted by molar-refractivity contribution is 7.98. The fourth-order valence-electron chi connectivity index (χ4n) is 2.79. The summed E-state index contributed by atoms with van der Waals surface area (Å²) in [6, 6.07) is 12.0. The first-order valence-electron chi connectivity index (χ1n) is 8.48. The molecule has 5 rings (SSSR count). The number of thiophene rings is 1. The highest BCUT2D eigenvalue weighted by atomic mass is 35.5. The van der Waals surface area contributed by atoms with Crippen molar-refractivity contribution in [2.45, 2.75) is 29.8 Å². The Balaban J connectivity index is 1.35. The van der Waals surface area contributed by atoms with E-state index in [1.807, 2.05) is 30.3 Å². The molecule has 1 saturated carbocycles. The largest absolute Gasteiger partial charge is 0.334 e. The van der Waals surface area contributed by atoms with Crippen LogP contribution < -0.4 is 0 Å². The molecule has 9 heteroatoms. The van der Waals surface area contributed by atoms with Crippen LogP contribution in [0.2, 0.25) is 5.02 Å². The number of aromatic nitrogens is 5. The van der Waals surface area contributed by atoms with Gasteiger partial charge in [-0.05, 0) is 42.5 Å². The molecule has 0 aliphatic heterocycles. The maximum absolute atomic E-state index is 6.03. The van der Waals surface area contributed by atoms with Gasteiger partial charge in [-0.3, -0.25) is 4.57 Å². The molecule has 0 amide bonds. The maximum atomic E-state index is 6.03. The molecule has 0 bridgehead atoms. The van der Waals surface area contributed by atoms with E-state index >= 15 is 0 Å². The zero-order chi connectivity index (χ0) is 18.2. The second kappa shape index (κ2) is 7.10. The van der Waals surface area contributed by atoms with E-state index in [-0.39, 0.29) is 0 Å². The molecule has 3 aromatic heterocycles. The molecule has 0 N–H and O–H groups in total. The van der Waals surface area contributed by atoms with Crippen molar-refractivity contribution in [2.75, 3.05) is 0 Å². The van der Waals surface area contributed by atoms with Crippen molar-refractivity contribution in [2.24, 2.45) is 0 Å². The van der Waals surface area contributed by atoms with Crippen molar-refractivity contribution in [1.29, 1.82) is 0 Å². The van der Waals surface area contributed by atoms with Gasteiger partial charge >= 0.3 is 0 Å². The summed E-state index contributed by atoms with van der Waals surface area (Å²) < 4.78 is 7.62. The molecule has 1 aliphatic rings. The van der Waals surface area contributed by atoms with Gasteiger partial charge in [0.15, 0.2) is 16.8 Å². The average Bonchev–Trinajstić information content (AvgIpc) is 3.09. The summed E-state index contributed by atoms with van der Waals surface area (Å²) >= 11 is 9.29. The minimum absolute atomic E-state index is 0.469. The van der Waals surface area contributed by atoms with Crippen LogP contribution in [0.4, 0.5) is 0 Å². The molecule has 0 radical (unpaired) electrons. The van der Waals surface area contributed by atoms with Gasteiger partial charge in [-0.1, -0.05) is 40.7 Å².